The Balaban J connectivity index is 1.35. The Morgan fingerprint density at radius 3 is 1.48 bits per heavy atom. The van der Waals surface area contributed by atoms with Crippen molar-refractivity contribution in [2.75, 3.05) is 0 Å². The lowest BCUT2D eigenvalue weighted by Crippen LogP contribution is -1.99. The number of hydrogen-bond acceptors (Lipinski definition) is 0. The molecule has 0 saturated heterocycles. The molecule has 1 aliphatic rings. The van der Waals surface area contributed by atoms with Gasteiger partial charge in [0.05, 0.1) is 0 Å². The van der Waals surface area contributed by atoms with Crippen LogP contribution in [0.15, 0.2) is 157 Å². The van der Waals surface area contributed by atoms with Crippen molar-refractivity contribution < 1.29 is 0 Å². The van der Waals surface area contributed by atoms with E-state index in [0.717, 1.165) is 6.42 Å². The molecular weight excluding hydrogens is 577 g/mol. The molecule has 0 aromatic heterocycles. The number of fused-ring (bicyclic) bond motifs is 3. The lowest BCUT2D eigenvalue weighted by Gasteiger charge is -2.21. The van der Waals surface area contributed by atoms with Gasteiger partial charge >= 0.3 is 0 Å². The molecule has 0 heteroatoms. The van der Waals surface area contributed by atoms with Gasteiger partial charge in [0.25, 0.3) is 0 Å². The molecule has 0 heterocycles. The van der Waals surface area contributed by atoms with Crippen molar-refractivity contribution in [2.24, 2.45) is 5.92 Å². The standard InChI is InChI=1S/C48H40/c1-31-13-11-14-32(2)37(28-23-31)35-24-26-36(27-25-35)47-40-19-7-9-21-42(40)48(43-22-10-8-20-41(43)47)45-30-29-44(38-17-5-6-18-39(38)45)46-33(3)15-12-16-34(46)4/h5-13,15-30,32H,14H2,1-4H3/b13-11+,31-23-,37-28+. The van der Waals surface area contributed by atoms with Crippen LogP contribution in [0.3, 0.4) is 0 Å². The largest absolute Gasteiger partial charge is 0.0837 e. The van der Waals surface area contributed by atoms with E-state index in [1.54, 1.807) is 0 Å². The molecule has 0 nitrogen and oxygen atoms in total. The first kappa shape index (κ1) is 29.9. The fourth-order valence-corrected chi connectivity index (χ4v) is 7.94. The molecule has 0 spiro atoms. The van der Waals surface area contributed by atoms with Gasteiger partial charge in [-0.05, 0) is 121 Å². The van der Waals surface area contributed by atoms with Crippen molar-refractivity contribution in [3.8, 4) is 33.4 Å². The molecule has 48 heavy (non-hydrogen) atoms. The smallest absolute Gasteiger partial charge is 0.00201 e. The summed E-state index contributed by atoms with van der Waals surface area (Å²) in [5.41, 5.74) is 14.4. The van der Waals surface area contributed by atoms with Gasteiger partial charge < -0.3 is 0 Å². The van der Waals surface area contributed by atoms with Crippen molar-refractivity contribution in [3.63, 3.8) is 0 Å². The van der Waals surface area contributed by atoms with E-state index in [9.17, 15) is 0 Å². The second-order valence-electron chi connectivity index (χ2n) is 13.5. The Kier molecular flexibility index (Phi) is 7.66. The van der Waals surface area contributed by atoms with E-state index in [-0.39, 0.29) is 0 Å². The number of allylic oxidation sites excluding steroid dienone is 6. The fraction of sp³-hybridized carbons (Fsp3) is 0.125. The summed E-state index contributed by atoms with van der Waals surface area (Å²) in [5, 5.41) is 7.70. The van der Waals surface area contributed by atoms with Gasteiger partial charge in [-0.15, -0.1) is 0 Å². The first-order chi connectivity index (χ1) is 23.5. The predicted molar refractivity (Wildman–Crippen MR) is 209 cm³/mol. The van der Waals surface area contributed by atoms with Gasteiger partial charge in [0.2, 0.25) is 0 Å². The van der Waals surface area contributed by atoms with Gasteiger partial charge in [0, 0.05) is 0 Å². The van der Waals surface area contributed by atoms with Crippen LogP contribution in [0.1, 0.15) is 37.0 Å². The van der Waals surface area contributed by atoms with E-state index >= 15 is 0 Å². The minimum Gasteiger partial charge on any atom is -0.0837 e. The number of hydrogen-bond donors (Lipinski definition) is 0. The quantitative estimate of drug-likeness (QED) is 0.173. The summed E-state index contributed by atoms with van der Waals surface area (Å²) in [5.74, 6) is 0.466. The number of aryl methyl sites for hydroxylation is 2. The number of rotatable bonds is 4. The summed E-state index contributed by atoms with van der Waals surface area (Å²) < 4.78 is 0. The second kappa shape index (κ2) is 12.3. The van der Waals surface area contributed by atoms with Gasteiger partial charge in [-0.25, -0.2) is 0 Å². The molecular formula is C48H40. The van der Waals surface area contributed by atoms with Crippen LogP contribution in [0, 0.1) is 19.8 Å². The highest BCUT2D eigenvalue weighted by atomic mass is 14.2. The summed E-state index contributed by atoms with van der Waals surface area (Å²) in [6.45, 7) is 8.95. The van der Waals surface area contributed by atoms with E-state index in [4.69, 9.17) is 0 Å². The zero-order chi connectivity index (χ0) is 32.8. The third kappa shape index (κ3) is 5.09. The zero-order valence-electron chi connectivity index (χ0n) is 28.2. The van der Waals surface area contributed by atoms with Crippen LogP contribution in [0.25, 0.3) is 71.3 Å². The van der Waals surface area contributed by atoms with Crippen LogP contribution in [0.5, 0.6) is 0 Å². The van der Waals surface area contributed by atoms with Gasteiger partial charge in [0.1, 0.15) is 0 Å². The molecule has 1 aliphatic carbocycles. The molecule has 0 amide bonds. The molecule has 1 unspecified atom stereocenters. The SMILES string of the molecule is CC1=C/C=C(/c2ccc(-c3c4ccccc4c(-c4ccc(-c5c(C)cccc5C)c5ccccc45)c4ccccc34)cc2)C(C)C\C=C\1. The Morgan fingerprint density at radius 2 is 0.917 bits per heavy atom. The van der Waals surface area contributed by atoms with Crippen molar-refractivity contribution in [1.29, 1.82) is 0 Å². The summed E-state index contributed by atoms with van der Waals surface area (Å²) in [6.07, 6.45) is 10.1. The van der Waals surface area contributed by atoms with Crippen LogP contribution in [-0.4, -0.2) is 0 Å². The fourth-order valence-electron chi connectivity index (χ4n) is 7.94. The Labute approximate surface area is 284 Å². The van der Waals surface area contributed by atoms with E-state index in [1.807, 2.05) is 0 Å². The van der Waals surface area contributed by atoms with E-state index in [0.29, 0.717) is 5.92 Å². The molecule has 0 radical (unpaired) electrons. The maximum Gasteiger partial charge on any atom is -0.00201 e. The molecule has 0 N–H and O–H groups in total. The molecule has 232 valence electrons. The third-order valence-electron chi connectivity index (χ3n) is 10.3. The first-order valence-corrected chi connectivity index (χ1v) is 17.2. The molecule has 8 rings (SSSR count). The van der Waals surface area contributed by atoms with Crippen LogP contribution in [0.4, 0.5) is 0 Å². The maximum absolute atomic E-state index is 2.36. The lowest BCUT2D eigenvalue weighted by molar-refractivity contribution is 0.764. The summed E-state index contributed by atoms with van der Waals surface area (Å²) in [6, 6.07) is 47.6. The predicted octanol–water partition coefficient (Wildman–Crippen LogP) is 13.7. The highest BCUT2D eigenvalue weighted by molar-refractivity contribution is 6.24. The Bertz CT molecular complexity index is 2370. The van der Waals surface area contributed by atoms with Crippen molar-refractivity contribution in [3.05, 3.63) is 174 Å². The average Bonchev–Trinajstić information content (AvgIpc) is 3.10. The van der Waals surface area contributed by atoms with Crippen LogP contribution >= 0.6 is 0 Å². The van der Waals surface area contributed by atoms with E-state index < -0.39 is 0 Å². The molecule has 7 aromatic rings. The van der Waals surface area contributed by atoms with E-state index in [2.05, 4.69) is 179 Å². The van der Waals surface area contributed by atoms with Gasteiger partial charge in [-0.2, -0.15) is 0 Å². The summed E-state index contributed by atoms with van der Waals surface area (Å²) >= 11 is 0. The molecule has 0 bridgehead atoms. The lowest BCUT2D eigenvalue weighted by atomic mass is 9.83. The molecule has 0 aliphatic heterocycles. The maximum atomic E-state index is 2.36. The van der Waals surface area contributed by atoms with Crippen LogP contribution < -0.4 is 0 Å². The monoisotopic (exact) mass is 616 g/mol. The van der Waals surface area contributed by atoms with Crippen molar-refractivity contribution in [2.45, 2.75) is 34.1 Å². The molecule has 1 atom stereocenters. The van der Waals surface area contributed by atoms with Crippen LogP contribution in [0.2, 0.25) is 0 Å². The van der Waals surface area contributed by atoms with Crippen molar-refractivity contribution >= 4 is 37.9 Å². The van der Waals surface area contributed by atoms with Gasteiger partial charge in [-0.1, -0.05) is 164 Å². The molecule has 0 fully saturated rings. The zero-order valence-corrected chi connectivity index (χ0v) is 28.2. The minimum atomic E-state index is 0.466. The average molecular weight is 617 g/mol. The second-order valence-corrected chi connectivity index (χ2v) is 13.5. The molecule has 7 aromatic carbocycles. The first-order valence-electron chi connectivity index (χ1n) is 17.2. The highest BCUT2D eigenvalue weighted by Gasteiger charge is 2.20. The molecule has 0 saturated carbocycles. The Hall–Kier alpha value is -5.46. The minimum absolute atomic E-state index is 0.466. The third-order valence-corrected chi connectivity index (χ3v) is 10.3. The summed E-state index contributed by atoms with van der Waals surface area (Å²) in [7, 11) is 0. The Morgan fingerprint density at radius 1 is 0.438 bits per heavy atom. The van der Waals surface area contributed by atoms with Gasteiger partial charge in [0.15, 0.2) is 0 Å². The normalized spacial score (nSPS) is 17.8. The highest BCUT2D eigenvalue weighted by Crippen LogP contribution is 2.47. The van der Waals surface area contributed by atoms with Crippen LogP contribution in [-0.2, 0) is 0 Å². The van der Waals surface area contributed by atoms with E-state index in [1.165, 1.54) is 93.5 Å². The number of benzene rings is 7. The van der Waals surface area contributed by atoms with Crippen molar-refractivity contribution in [1.82, 2.24) is 0 Å². The summed E-state index contributed by atoms with van der Waals surface area (Å²) in [4.78, 5) is 0. The van der Waals surface area contributed by atoms with Gasteiger partial charge in [-0.3, -0.25) is 0 Å². The topological polar surface area (TPSA) is 0 Å².